The van der Waals surface area contributed by atoms with Crippen LogP contribution in [0.3, 0.4) is 0 Å². The number of hydrogen-bond donors (Lipinski definition) is 2. The van der Waals surface area contributed by atoms with Gasteiger partial charge < -0.3 is 15.5 Å². The topological polar surface area (TPSA) is 78.5 Å². The van der Waals surface area contributed by atoms with Gasteiger partial charge in [-0.05, 0) is 61.2 Å². The van der Waals surface area contributed by atoms with E-state index in [9.17, 15) is 14.4 Å². The summed E-state index contributed by atoms with van der Waals surface area (Å²) in [4.78, 5) is 40.4. The van der Waals surface area contributed by atoms with Gasteiger partial charge in [-0.2, -0.15) is 0 Å². The lowest BCUT2D eigenvalue weighted by molar-refractivity contribution is -0.122. The molecule has 0 aliphatic carbocycles. The smallest absolute Gasteiger partial charge is 0.253 e. The van der Waals surface area contributed by atoms with Crippen LogP contribution in [0.2, 0.25) is 0 Å². The van der Waals surface area contributed by atoms with Crippen LogP contribution in [0.15, 0.2) is 66.7 Å². The lowest BCUT2D eigenvalue weighted by Crippen LogP contribution is -2.30. The summed E-state index contributed by atoms with van der Waals surface area (Å²) in [5.74, 6) is -1.09. The van der Waals surface area contributed by atoms with Crippen molar-refractivity contribution in [2.24, 2.45) is 5.92 Å². The van der Waals surface area contributed by atoms with Gasteiger partial charge in [-0.3, -0.25) is 14.4 Å². The minimum atomic E-state index is -0.490. The molecule has 1 fully saturated rings. The van der Waals surface area contributed by atoms with Crippen LogP contribution in [-0.4, -0.2) is 24.3 Å². The summed E-state index contributed by atoms with van der Waals surface area (Å²) in [6.07, 6.45) is 0.140. The number of hydrogen-bond acceptors (Lipinski definition) is 3. The van der Waals surface area contributed by atoms with E-state index in [2.05, 4.69) is 10.6 Å². The van der Waals surface area contributed by atoms with Crippen LogP contribution in [0, 0.1) is 26.7 Å². The fraction of sp³-hybridized carbons (Fsp3) is 0.250. The molecular weight excluding hydrogens is 426 g/mol. The maximum Gasteiger partial charge on any atom is 0.253 e. The molecule has 0 radical (unpaired) electrons. The Hall–Kier alpha value is -3.93. The molecule has 1 saturated heterocycles. The van der Waals surface area contributed by atoms with E-state index < -0.39 is 5.92 Å². The second kappa shape index (κ2) is 9.91. The van der Waals surface area contributed by atoms with Gasteiger partial charge in [-0.25, -0.2) is 0 Å². The summed E-state index contributed by atoms with van der Waals surface area (Å²) in [6, 6.07) is 20.6. The fourth-order valence-corrected chi connectivity index (χ4v) is 4.25. The molecule has 2 N–H and O–H groups in total. The molecule has 4 rings (SSSR count). The molecule has 1 aliphatic rings. The molecule has 0 spiro atoms. The highest BCUT2D eigenvalue weighted by Gasteiger charge is 2.36. The SMILES string of the molecule is Cc1ccccc1CNC(=O)c1ccccc1NC(=O)[C@H]1CC(=O)N(c2cccc(C)c2C)C1. The van der Waals surface area contributed by atoms with Gasteiger partial charge in [-0.1, -0.05) is 48.5 Å². The Labute approximate surface area is 200 Å². The first-order valence-corrected chi connectivity index (χ1v) is 11.4. The van der Waals surface area contributed by atoms with Gasteiger partial charge in [0.05, 0.1) is 17.2 Å². The van der Waals surface area contributed by atoms with Gasteiger partial charge in [0.1, 0.15) is 0 Å². The molecule has 0 aromatic heterocycles. The van der Waals surface area contributed by atoms with Gasteiger partial charge in [-0.15, -0.1) is 0 Å². The van der Waals surface area contributed by atoms with Crippen LogP contribution in [-0.2, 0) is 16.1 Å². The third-order valence-electron chi connectivity index (χ3n) is 6.49. The number of nitrogens with zero attached hydrogens (tertiary/aromatic N) is 1. The van der Waals surface area contributed by atoms with Gasteiger partial charge in [0.25, 0.3) is 5.91 Å². The number of para-hydroxylation sites is 1. The summed E-state index contributed by atoms with van der Waals surface area (Å²) >= 11 is 0. The molecule has 6 nitrogen and oxygen atoms in total. The van der Waals surface area contributed by atoms with E-state index >= 15 is 0 Å². The molecule has 3 aromatic rings. The molecule has 1 aliphatic heterocycles. The monoisotopic (exact) mass is 455 g/mol. The van der Waals surface area contributed by atoms with E-state index in [0.29, 0.717) is 24.3 Å². The van der Waals surface area contributed by atoms with Crippen molar-refractivity contribution in [2.45, 2.75) is 33.7 Å². The number of aryl methyl sites for hydroxylation is 2. The van der Waals surface area contributed by atoms with Crippen LogP contribution < -0.4 is 15.5 Å². The van der Waals surface area contributed by atoms with Crippen molar-refractivity contribution in [1.29, 1.82) is 0 Å². The van der Waals surface area contributed by atoms with Crippen LogP contribution >= 0.6 is 0 Å². The summed E-state index contributed by atoms with van der Waals surface area (Å²) in [6.45, 7) is 6.70. The van der Waals surface area contributed by atoms with Gasteiger partial charge in [0, 0.05) is 25.2 Å². The minimum Gasteiger partial charge on any atom is -0.348 e. The quantitative estimate of drug-likeness (QED) is 0.573. The van der Waals surface area contributed by atoms with Gasteiger partial charge >= 0.3 is 0 Å². The Morgan fingerprint density at radius 1 is 0.912 bits per heavy atom. The maximum absolute atomic E-state index is 13.1. The molecular formula is C28H29N3O3. The summed E-state index contributed by atoms with van der Waals surface area (Å²) in [7, 11) is 0. The first-order valence-electron chi connectivity index (χ1n) is 11.4. The van der Waals surface area contributed by atoms with E-state index in [1.807, 2.05) is 63.2 Å². The van der Waals surface area contributed by atoms with Crippen LogP contribution in [0.1, 0.15) is 39.0 Å². The standard InChI is InChI=1S/C28H29N3O3/c1-18-10-8-14-25(20(18)3)31-17-22(15-26(31)32)27(33)30-24-13-7-6-12-23(24)28(34)29-16-21-11-5-4-9-19(21)2/h4-14,22H,15-17H2,1-3H3,(H,29,34)(H,30,33)/t22-/m0/s1. The number of amides is 3. The first-order chi connectivity index (χ1) is 16.3. The predicted octanol–water partition coefficient (Wildman–Crippen LogP) is 4.53. The molecule has 1 heterocycles. The molecule has 1 atom stereocenters. The van der Waals surface area contributed by atoms with Crippen molar-refractivity contribution in [2.75, 3.05) is 16.8 Å². The minimum absolute atomic E-state index is 0.0712. The number of nitrogens with one attached hydrogen (secondary N) is 2. The Kier molecular flexibility index (Phi) is 6.77. The van der Waals surface area contributed by atoms with Crippen molar-refractivity contribution in [1.82, 2.24) is 5.32 Å². The average Bonchev–Trinajstić information content (AvgIpc) is 3.22. The van der Waals surface area contributed by atoms with Crippen LogP contribution in [0.4, 0.5) is 11.4 Å². The molecule has 3 amide bonds. The zero-order valence-electron chi connectivity index (χ0n) is 19.7. The van der Waals surface area contributed by atoms with Crippen molar-refractivity contribution in [3.05, 3.63) is 94.5 Å². The van der Waals surface area contributed by atoms with E-state index in [-0.39, 0.29) is 24.1 Å². The third kappa shape index (κ3) is 4.86. The molecule has 0 bridgehead atoms. The fourth-order valence-electron chi connectivity index (χ4n) is 4.25. The van der Waals surface area contributed by atoms with E-state index in [4.69, 9.17) is 0 Å². The van der Waals surface area contributed by atoms with E-state index in [1.165, 1.54) is 0 Å². The number of carbonyl (C=O) groups excluding carboxylic acids is 3. The molecule has 6 heteroatoms. The average molecular weight is 456 g/mol. The number of carbonyl (C=O) groups is 3. The highest BCUT2D eigenvalue weighted by atomic mass is 16.2. The van der Waals surface area contributed by atoms with Crippen LogP contribution in [0.5, 0.6) is 0 Å². The highest BCUT2D eigenvalue weighted by molar-refractivity contribution is 6.07. The molecule has 0 saturated carbocycles. The maximum atomic E-state index is 13.1. The zero-order chi connectivity index (χ0) is 24.2. The number of rotatable bonds is 6. The Balaban J connectivity index is 1.45. The van der Waals surface area contributed by atoms with Crippen LogP contribution in [0.25, 0.3) is 0 Å². The third-order valence-corrected chi connectivity index (χ3v) is 6.49. The first kappa shape index (κ1) is 23.2. The lowest BCUT2D eigenvalue weighted by Gasteiger charge is -2.20. The zero-order valence-corrected chi connectivity index (χ0v) is 19.7. The largest absolute Gasteiger partial charge is 0.348 e. The second-order valence-corrected chi connectivity index (χ2v) is 8.77. The van der Waals surface area contributed by atoms with Gasteiger partial charge in [0.2, 0.25) is 11.8 Å². The second-order valence-electron chi connectivity index (χ2n) is 8.77. The summed E-state index contributed by atoms with van der Waals surface area (Å²) < 4.78 is 0. The number of anilines is 2. The molecule has 3 aromatic carbocycles. The van der Waals surface area contributed by atoms with E-state index in [0.717, 1.165) is 27.9 Å². The van der Waals surface area contributed by atoms with Crippen molar-refractivity contribution < 1.29 is 14.4 Å². The Bertz CT molecular complexity index is 1250. The summed E-state index contributed by atoms with van der Waals surface area (Å²) in [5.41, 5.74) is 5.94. The lowest BCUT2D eigenvalue weighted by atomic mass is 10.1. The molecule has 0 unspecified atom stereocenters. The van der Waals surface area contributed by atoms with Gasteiger partial charge in [0.15, 0.2) is 0 Å². The Morgan fingerprint density at radius 3 is 2.41 bits per heavy atom. The van der Waals surface area contributed by atoms with Crippen molar-refractivity contribution in [3.8, 4) is 0 Å². The predicted molar refractivity (Wildman–Crippen MR) is 134 cm³/mol. The molecule has 34 heavy (non-hydrogen) atoms. The normalized spacial score (nSPS) is 15.3. The van der Waals surface area contributed by atoms with Crippen molar-refractivity contribution >= 4 is 29.1 Å². The van der Waals surface area contributed by atoms with E-state index in [1.54, 1.807) is 29.2 Å². The number of benzene rings is 3. The molecule has 174 valence electrons. The summed E-state index contributed by atoms with van der Waals surface area (Å²) in [5, 5.41) is 5.82. The van der Waals surface area contributed by atoms with Crippen molar-refractivity contribution in [3.63, 3.8) is 0 Å². The Morgan fingerprint density at radius 2 is 1.62 bits per heavy atom. The highest BCUT2D eigenvalue weighted by Crippen LogP contribution is 2.30.